The fourth-order valence-electron chi connectivity index (χ4n) is 2.90. The normalized spacial score (nSPS) is 16.7. The van der Waals surface area contributed by atoms with Gasteiger partial charge in [-0.25, -0.2) is 0 Å². The number of ether oxygens (including phenoxy) is 1. The lowest BCUT2D eigenvalue weighted by Crippen LogP contribution is -2.48. The highest BCUT2D eigenvalue weighted by Gasteiger charge is 2.37. The molecule has 0 aliphatic carbocycles. The number of fused-ring (bicyclic) bond motifs is 1. The number of hydrogen-bond acceptors (Lipinski definition) is 2. The van der Waals surface area contributed by atoms with Crippen molar-refractivity contribution in [3.05, 3.63) is 36.0 Å². The third-order valence-electron chi connectivity index (χ3n) is 4.00. The van der Waals surface area contributed by atoms with E-state index >= 15 is 0 Å². The lowest BCUT2D eigenvalue weighted by atomic mass is 10.1. The molecule has 3 rings (SSSR count). The molecular weight excluding hydrogens is 309 g/mol. The number of aromatic nitrogens is 1. The Labute approximate surface area is 131 Å². The standard InChI is InChI=1S/C16H17F3N2O2/c17-16(18,19)10-21(12-5-7-23-8-6-12)15(22)14-9-11-3-1-2-4-13(11)20-14/h1-4,9,12,20H,5-8,10H2. The maximum absolute atomic E-state index is 12.9. The van der Waals surface area contributed by atoms with Gasteiger partial charge in [0.15, 0.2) is 0 Å². The van der Waals surface area contributed by atoms with Gasteiger partial charge >= 0.3 is 6.18 Å². The summed E-state index contributed by atoms with van der Waals surface area (Å²) in [5.41, 5.74) is 0.914. The molecule has 2 heterocycles. The van der Waals surface area contributed by atoms with Crippen LogP contribution in [-0.2, 0) is 4.74 Å². The van der Waals surface area contributed by atoms with Crippen LogP contribution in [0.5, 0.6) is 0 Å². The SMILES string of the molecule is O=C(c1cc2ccccc2[nH]1)N(CC(F)(F)F)C1CCOCC1. The fraction of sp³-hybridized carbons (Fsp3) is 0.438. The van der Waals surface area contributed by atoms with Crippen LogP contribution in [0.2, 0.25) is 0 Å². The molecule has 1 aliphatic heterocycles. The van der Waals surface area contributed by atoms with E-state index in [0.717, 1.165) is 15.8 Å². The molecule has 1 aromatic heterocycles. The molecule has 124 valence electrons. The molecule has 0 bridgehead atoms. The number of nitrogens with one attached hydrogen (secondary N) is 1. The molecular formula is C16H17F3N2O2. The highest BCUT2D eigenvalue weighted by atomic mass is 19.4. The number of hydrogen-bond donors (Lipinski definition) is 1. The minimum absolute atomic E-state index is 0.182. The maximum atomic E-state index is 12.9. The zero-order valence-corrected chi connectivity index (χ0v) is 12.4. The predicted octanol–water partition coefficient (Wildman–Crippen LogP) is 3.35. The molecule has 1 N–H and O–H groups in total. The van der Waals surface area contributed by atoms with Gasteiger partial charge in [-0.1, -0.05) is 18.2 Å². The van der Waals surface area contributed by atoms with Crippen molar-refractivity contribution in [1.29, 1.82) is 0 Å². The Hall–Kier alpha value is -2.02. The van der Waals surface area contributed by atoms with Crippen LogP contribution in [0.3, 0.4) is 0 Å². The van der Waals surface area contributed by atoms with Gasteiger partial charge in [-0.05, 0) is 25.0 Å². The van der Waals surface area contributed by atoms with E-state index in [1.54, 1.807) is 18.2 Å². The lowest BCUT2D eigenvalue weighted by Gasteiger charge is -2.34. The first-order valence-electron chi connectivity index (χ1n) is 7.47. The van der Waals surface area contributed by atoms with Gasteiger partial charge in [-0.15, -0.1) is 0 Å². The first kappa shape index (κ1) is 15.9. The zero-order chi connectivity index (χ0) is 16.4. The summed E-state index contributed by atoms with van der Waals surface area (Å²) in [5.74, 6) is -0.620. The number of carbonyl (C=O) groups is 1. The highest BCUT2D eigenvalue weighted by Crippen LogP contribution is 2.25. The largest absolute Gasteiger partial charge is 0.406 e. The van der Waals surface area contributed by atoms with Gasteiger partial charge in [0.1, 0.15) is 12.2 Å². The summed E-state index contributed by atoms with van der Waals surface area (Å²) >= 11 is 0. The Morgan fingerprint density at radius 3 is 2.61 bits per heavy atom. The van der Waals surface area contributed by atoms with Gasteiger partial charge in [0.2, 0.25) is 0 Å². The number of carbonyl (C=O) groups excluding carboxylic acids is 1. The lowest BCUT2D eigenvalue weighted by molar-refractivity contribution is -0.147. The van der Waals surface area contributed by atoms with E-state index in [1.807, 2.05) is 12.1 Å². The molecule has 1 fully saturated rings. The van der Waals surface area contributed by atoms with Crippen LogP contribution in [0.25, 0.3) is 10.9 Å². The summed E-state index contributed by atoms with van der Waals surface area (Å²) in [4.78, 5) is 16.5. The average Bonchev–Trinajstić information content (AvgIpc) is 2.96. The summed E-state index contributed by atoms with van der Waals surface area (Å²) in [6.07, 6.45) is -3.59. The van der Waals surface area contributed by atoms with E-state index in [1.165, 1.54) is 0 Å². The van der Waals surface area contributed by atoms with E-state index in [0.29, 0.717) is 26.1 Å². The smallest absolute Gasteiger partial charge is 0.381 e. The van der Waals surface area contributed by atoms with Crippen LogP contribution in [0.15, 0.2) is 30.3 Å². The number of nitrogens with zero attached hydrogens (tertiary/aromatic N) is 1. The van der Waals surface area contributed by atoms with Gasteiger partial charge in [-0.3, -0.25) is 4.79 Å². The van der Waals surface area contributed by atoms with Crippen molar-refractivity contribution in [3.63, 3.8) is 0 Å². The van der Waals surface area contributed by atoms with Crippen molar-refractivity contribution in [2.75, 3.05) is 19.8 Å². The van der Waals surface area contributed by atoms with E-state index in [2.05, 4.69) is 4.98 Å². The quantitative estimate of drug-likeness (QED) is 0.940. The Balaban J connectivity index is 1.89. The number of rotatable bonds is 3. The number of amides is 1. The van der Waals surface area contributed by atoms with Crippen molar-refractivity contribution >= 4 is 16.8 Å². The highest BCUT2D eigenvalue weighted by molar-refractivity contribution is 5.98. The number of para-hydroxylation sites is 1. The molecule has 1 amide bonds. The summed E-state index contributed by atoms with van der Waals surface area (Å²) < 4.78 is 43.9. The Morgan fingerprint density at radius 2 is 1.96 bits per heavy atom. The topological polar surface area (TPSA) is 45.3 Å². The molecule has 0 atom stereocenters. The minimum atomic E-state index is -4.43. The molecule has 2 aromatic rings. The molecule has 7 heteroatoms. The van der Waals surface area contributed by atoms with Crippen molar-refractivity contribution in [2.24, 2.45) is 0 Å². The Bertz CT molecular complexity index is 657. The second-order valence-corrected chi connectivity index (χ2v) is 5.66. The molecule has 1 aromatic carbocycles. The number of benzene rings is 1. The van der Waals surface area contributed by atoms with Crippen molar-refractivity contribution in [2.45, 2.75) is 25.1 Å². The van der Waals surface area contributed by atoms with Crippen molar-refractivity contribution in [3.8, 4) is 0 Å². The van der Waals surface area contributed by atoms with E-state index in [-0.39, 0.29) is 5.69 Å². The fourth-order valence-corrected chi connectivity index (χ4v) is 2.90. The predicted molar refractivity (Wildman–Crippen MR) is 79.2 cm³/mol. The second kappa shape index (κ2) is 6.23. The molecule has 1 saturated heterocycles. The first-order chi connectivity index (χ1) is 10.9. The molecule has 4 nitrogen and oxygen atoms in total. The third-order valence-corrected chi connectivity index (χ3v) is 4.00. The van der Waals surface area contributed by atoms with Crippen LogP contribution in [-0.4, -0.2) is 47.8 Å². The maximum Gasteiger partial charge on any atom is 0.406 e. The average molecular weight is 326 g/mol. The van der Waals surface area contributed by atoms with E-state index in [4.69, 9.17) is 4.74 Å². The molecule has 1 aliphatic rings. The number of halogens is 3. The summed E-state index contributed by atoms with van der Waals surface area (Å²) in [6.45, 7) is -0.496. The number of alkyl halides is 3. The summed E-state index contributed by atoms with van der Waals surface area (Å²) in [5, 5.41) is 0.801. The number of H-pyrrole nitrogens is 1. The van der Waals surface area contributed by atoms with Crippen LogP contribution >= 0.6 is 0 Å². The third kappa shape index (κ3) is 3.67. The van der Waals surface area contributed by atoms with Gasteiger partial charge in [0.25, 0.3) is 5.91 Å². The number of aromatic amines is 1. The molecule has 0 saturated carbocycles. The van der Waals surface area contributed by atoms with E-state index in [9.17, 15) is 18.0 Å². The summed E-state index contributed by atoms with van der Waals surface area (Å²) in [6, 6.07) is 8.36. The van der Waals surface area contributed by atoms with Crippen molar-refractivity contribution in [1.82, 2.24) is 9.88 Å². The molecule has 23 heavy (non-hydrogen) atoms. The molecule has 0 radical (unpaired) electrons. The minimum Gasteiger partial charge on any atom is -0.381 e. The van der Waals surface area contributed by atoms with Gasteiger partial charge < -0.3 is 14.6 Å². The Kier molecular flexibility index (Phi) is 4.30. The summed E-state index contributed by atoms with van der Waals surface area (Å²) in [7, 11) is 0. The van der Waals surface area contributed by atoms with Crippen molar-refractivity contribution < 1.29 is 22.7 Å². The van der Waals surface area contributed by atoms with Gasteiger partial charge in [0.05, 0.1) is 0 Å². The van der Waals surface area contributed by atoms with Crippen LogP contribution in [0.4, 0.5) is 13.2 Å². The zero-order valence-electron chi connectivity index (χ0n) is 12.4. The Morgan fingerprint density at radius 1 is 1.26 bits per heavy atom. The van der Waals surface area contributed by atoms with E-state index < -0.39 is 24.7 Å². The second-order valence-electron chi connectivity index (χ2n) is 5.66. The molecule has 0 unspecified atom stereocenters. The van der Waals surface area contributed by atoms with Gasteiger partial charge in [0, 0.05) is 30.2 Å². The monoisotopic (exact) mass is 326 g/mol. The van der Waals surface area contributed by atoms with Gasteiger partial charge in [-0.2, -0.15) is 13.2 Å². The first-order valence-corrected chi connectivity index (χ1v) is 7.47. The van der Waals surface area contributed by atoms with Crippen LogP contribution < -0.4 is 0 Å². The molecule has 0 spiro atoms. The van der Waals surface area contributed by atoms with Crippen LogP contribution in [0.1, 0.15) is 23.3 Å². The van der Waals surface area contributed by atoms with Crippen LogP contribution in [0, 0.1) is 0 Å².